The maximum absolute atomic E-state index is 12.8. The molecule has 1 saturated heterocycles. The van der Waals surface area contributed by atoms with Crippen LogP contribution in [-0.2, 0) is 17.8 Å². The van der Waals surface area contributed by atoms with Crippen molar-refractivity contribution in [2.45, 2.75) is 19.4 Å². The Morgan fingerprint density at radius 1 is 1.00 bits per heavy atom. The van der Waals surface area contributed by atoms with E-state index >= 15 is 0 Å². The first-order valence-corrected chi connectivity index (χ1v) is 8.14. The molecule has 0 atom stereocenters. The van der Waals surface area contributed by atoms with Crippen LogP contribution in [0.2, 0.25) is 0 Å². The summed E-state index contributed by atoms with van der Waals surface area (Å²) in [4.78, 5) is 28.2. The van der Waals surface area contributed by atoms with E-state index in [0.29, 0.717) is 31.8 Å². The number of hydrogen-bond acceptors (Lipinski definition) is 3. The van der Waals surface area contributed by atoms with E-state index in [1.165, 1.54) is 4.90 Å². The third-order valence-corrected chi connectivity index (χ3v) is 4.45. The van der Waals surface area contributed by atoms with E-state index in [2.05, 4.69) is 0 Å². The van der Waals surface area contributed by atoms with Gasteiger partial charge in [-0.1, -0.05) is 30.3 Å². The van der Waals surface area contributed by atoms with Gasteiger partial charge in [0.05, 0.1) is 12.3 Å². The molecule has 5 nitrogen and oxygen atoms in total. The van der Waals surface area contributed by atoms with E-state index in [-0.39, 0.29) is 11.9 Å². The molecule has 4 rings (SSSR count). The lowest BCUT2D eigenvalue weighted by atomic mass is 10.1. The molecule has 0 aromatic heterocycles. The highest BCUT2D eigenvalue weighted by molar-refractivity contribution is 6.15. The van der Waals surface area contributed by atoms with Gasteiger partial charge in [-0.3, -0.25) is 4.79 Å². The molecular weight excluding hydrogens is 304 g/mol. The molecule has 0 spiro atoms. The minimum atomic E-state index is -0.256. The first kappa shape index (κ1) is 14.8. The lowest BCUT2D eigenvalue weighted by Crippen LogP contribution is -2.52. The molecule has 5 heteroatoms. The molecule has 0 radical (unpaired) electrons. The summed E-state index contributed by atoms with van der Waals surface area (Å²) < 4.78 is 5.50. The summed E-state index contributed by atoms with van der Waals surface area (Å²) in [6.45, 7) is 1.62. The number of carbonyl (C=O) groups is 2. The van der Waals surface area contributed by atoms with Gasteiger partial charge in [0.25, 0.3) is 0 Å². The molecule has 3 amide bonds. The summed E-state index contributed by atoms with van der Waals surface area (Å²) in [6, 6.07) is 15.1. The zero-order chi connectivity index (χ0) is 16.5. The summed E-state index contributed by atoms with van der Waals surface area (Å²) in [6.07, 6.45) is 1.15. The van der Waals surface area contributed by atoms with Gasteiger partial charge >= 0.3 is 6.03 Å². The molecule has 122 valence electrons. The summed E-state index contributed by atoms with van der Waals surface area (Å²) >= 11 is 0. The summed E-state index contributed by atoms with van der Waals surface area (Å²) in [7, 11) is 0. The lowest BCUT2D eigenvalue weighted by Gasteiger charge is -2.34. The Hall–Kier alpha value is -2.82. The monoisotopic (exact) mass is 322 g/mol. The van der Waals surface area contributed by atoms with Crippen LogP contribution < -0.4 is 9.64 Å². The maximum atomic E-state index is 12.8. The lowest BCUT2D eigenvalue weighted by molar-refractivity contribution is -0.119. The normalized spacial score (nSPS) is 17.0. The maximum Gasteiger partial charge on any atom is 0.331 e. The predicted molar refractivity (Wildman–Crippen MR) is 90.0 cm³/mol. The second kappa shape index (κ2) is 6.00. The minimum Gasteiger partial charge on any atom is -0.493 e. The Bertz CT molecular complexity index is 788. The number of imide groups is 1. The van der Waals surface area contributed by atoms with Crippen molar-refractivity contribution in [1.82, 2.24) is 4.90 Å². The fourth-order valence-corrected chi connectivity index (χ4v) is 3.20. The first-order chi connectivity index (χ1) is 11.7. The number of fused-ring (bicyclic) bond motifs is 1. The third kappa shape index (κ3) is 2.62. The number of carbonyl (C=O) groups excluding carboxylic acids is 2. The summed E-state index contributed by atoms with van der Waals surface area (Å²) in [5.41, 5.74) is 2.74. The van der Waals surface area contributed by atoms with Crippen molar-refractivity contribution < 1.29 is 14.3 Å². The van der Waals surface area contributed by atoms with E-state index < -0.39 is 0 Å². The SMILES string of the molecule is O=C1CCN(Cc2ccccc2)C(=O)N1c1ccc2c(c1)CCO2. The van der Waals surface area contributed by atoms with E-state index in [1.54, 1.807) is 11.0 Å². The molecule has 2 aromatic carbocycles. The number of rotatable bonds is 3. The van der Waals surface area contributed by atoms with E-state index in [1.807, 2.05) is 42.5 Å². The van der Waals surface area contributed by atoms with Crippen molar-refractivity contribution in [1.29, 1.82) is 0 Å². The zero-order valence-corrected chi connectivity index (χ0v) is 13.3. The Kier molecular flexibility index (Phi) is 3.69. The highest BCUT2D eigenvalue weighted by atomic mass is 16.5. The molecule has 0 bridgehead atoms. The number of benzene rings is 2. The van der Waals surface area contributed by atoms with Crippen molar-refractivity contribution in [3.63, 3.8) is 0 Å². The van der Waals surface area contributed by atoms with Crippen molar-refractivity contribution in [3.8, 4) is 5.75 Å². The first-order valence-electron chi connectivity index (χ1n) is 8.14. The van der Waals surface area contributed by atoms with Crippen molar-refractivity contribution in [2.75, 3.05) is 18.1 Å². The van der Waals surface area contributed by atoms with Gasteiger partial charge in [-0.2, -0.15) is 0 Å². The number of anilines is 1. The Balaban J connectivity index is 1.59. The molecule has 0 saturated carbocycles. The molecule has 0 N–H and O–H groups in total. The average molecular weight is 322 g/mol. The predicted octanol–water partition coefficient (Wildman–Crippen LogP) is 2.98. The van der Waals surface area contributed by atoms with E-state index in [0.717, 1.165) is 23.3 Å². The van der Waals surface area contributed by atoms with Crippen molar-refractivity contribution >= 4 is 17.6 Å². The molecular formula is C19H18N2O3. The van der Waals surface area contributed by atoms with Crippen molar-refractivity contribution in [3.05, 3.63) is 59.7 Å². The second-order valence-corrected chi connectivity index (χ2v) is 6.06. The zero-order valence-electron chi connectivity index (χ0n) is 13.3. The van der Waals surface area contributed by atoms with Crippen LogP contribution in [0.25, 0.3) is 0 Å². The number of hydrogen-bond donors (Lipinski definition) is 0. The smallest absolute Gasteiger partial charge is 0.331 e. The molecule has 2 heterocycles. The molecule has 0 unspecified atom stereocenters. The van der Waals surface area contributed by atoms with Crippen LogP contribution in [0.1, 0.15) is 17.5 Å². The van der Waals surface area contributed by atoms with Gasteiger partial charge in [0.2, 0.25) is 5.91 Å². The van der Waals surface area contributed by atoms with Gasteiger partial charge in [-0.25, -0.2) is 9.69 Å². The van der Waals surface area contributed by atoms with E-state index in [9.17, 15) is 9.59 Å². The highest BCUT2D eigenvalue weighted by Gasteiger charge is 2.33. The Labute approximate surface area is 140 Å². The molecule has 0 aliphatic carbocycles. The van der Waals surface area contributed by atoms with Gasteiger partial charge in [-0.15, -0.1) is 0 Å². The third-order valence-electron chi connectivity index (χ3n) is 4.45. The quantitative estimate of drug-likeness (QED) is 0.873. The highest BCUT2D eigenvalue weighted by Crippen LogP contribution is 2.31. The van der Waals surface area contributed by atoms with Crippen LogP contribution in [0.3, 0.4) is 0 Å². The van der Waals surface area contributed by atoms with Crippen LogP contribution in [-0.4, -0.2) is 30.0 Å². The number of nitrogens with zero attached hydrogens (tertiary/aromatic N) is 2. The number of amides is 3. The summed E-state index contributed by atoms with van der Waals surface area (Å²) in [5.74, 6) is 0.694. The van der Waals surface area contributed by atoms with Crippen LogP contribution >= 0.6 is 0 Å². The number of urea groups is 1. The topological polar surface area (TPSA) is 49.9 Å². The van der Waals surface area contributed by atoms with Gasteiger partial charge in [-0.05, 0) is 29.3 Å². The minimum absolute atomic E-state index is 0.150. The van der Waals surface area contributed by atoms with Crippen LogP contribution in [0.4, 0.5) is 10.5 Å². The fraction of sp³-hybridized carbons (Fsp3) is 0.263. The standard InChI is InChI=1S/C19H18N2O3/c22-18-8-10-20(13-14-4-2-1-3-5-14)19(23)21(18)16-6-7-17-15(12-16)9-11-24-17/h1-7,12H,8-11,13H2. The second-order valence-electron chi connectivity index (χ2n) is 6.06. The van der Waals surface area contributed by atoms with Gasteiger partial charge in [0, 0.05) is 25.9 Å². The molecule has 2 aromatic rings. The van der Waals surface area contributed by atoms with Crippen LogP contribution in [0.5, 0.6) is 5.75 Å². The Morgan fingerprint density at radius 2 is 1.83 bits per heavy atom. The van der Waals surface area contributed by atoms with E-state index in [4.69, 9.17) is 4.74 Å². The molecule has 24 heavy (non-hydrogen) atoms. The average Bonchev–Trinajstić information content (AvgIpc) is 3.06. The van der Waals surface area contributed by atoms with Gasteiger partial charge in [0.15, 0.2) is 0 Å². The van der Waals surface area contributed by atoms with Gasteiger partial charge < -0.3 is 9.64 Å². The number of ether oxygens (including phenoxy) is 1. The Morgan fingerprint density at radius 3 is 2.67 bits per heavy atom. The molecule has 2 aliphatic rings. The van der Waals surface area contributed by atoms with Crippen LogP contribution in [0.15, 0.2) is 48.5 Å². The largest absolute Gasteiger partial charge is 0.493 e. The van der Waals surface area contributed by atoms with Crippen LogP contribution in [0, 0.1) is 0 Å². The molecule has 2 aliphatic heterocycles. The van der Waals surface area contributed by atoms with Crippen molar-refractivity contribution in [2.24, 2.45) is 0 Å². The molecule has 1 fully saturated rings. The van der Waals surface area contributed by atoms with Gasteiger partial charge in [0.1, 0.15) is 5.75 Å². The summed E-state index contributed by atoms with van der Waals surface area (Å²) in [5, 5.41) is 0. The fourth-order valence-electron chi connectivity index (χ4n) is 3.20.